The maximum atomic E-state index is 13.5. The number of aromatic nitrogens is 3. The standard InChI is InChI=1S/C10H9FN6O2S2/c11-6-5-13-2-1-7(6)16-21(18,19)9-8(15-12)14-10-17(9)3-4-20-10/h1-5,15H,12H2,(H,13,16). The number of nitrogens with zero attached hydrogens (tertiary/aromatic N) is 3. The molecule has 0 saturated heterocycles. The van der Waals surface area contributed by atoms with Crippen molar-refractivity contribution in [3.63, 3.8) is 0 Å². The molecule has 8 nitrogen and oxygen atoms in total. The number of nitrogens with two attached hydrogens (primary N) is 1. The molecule has 0 radical (unpaired) electrons. The Kier molecular flexibility index (Phi) is 3.23. The second-order valence-electron chi connectivity index (χ2n) is 3.93. The van der Waals surface area contributed by atoms with Gasteiger partial charge in [0.2, 0.25) is 5.03 Å². The molecule has 0 aliphatic carbocycles. The molecule has 3 rings (SSSR count). The number of fused-ring (bicyclic) bond motifs is 1. The maximum absolute atomic E-state index is 13.5. The molecular formula is C10H9FN6O2S2. The zero-order chi connectivity index (χ0) is 15.0. The number of hydrogen-bond donors (Lipinski definition) is 3. The molecule has 21 heavy (non-hydrogen) atoms. The van der Waals surface area contributed by atoms with Crippen LogP contribution in [0.5, 0.6) is 0 Å². The quantitative estimate of drug-likeness (QED) is 0.486. The van der Waals surface area contributed by atoms with Crippen molar-refractivity contribution in [2.45, 2.75) is 5.03 Å². The first-order chi connectivity index (χ1) is 10.0. The van der Waals surface area contributed by atoms with E-state index in [2.05, 4.69) is 20.1 Å². The number of imidazole rings is 1. The van der Waals surface area contributed by atoms with E-state index < -0.39 is 15.8 Å². The third kappa shape index (κ3) is 2.30. The Bertz CT molecular complexity index is 903. The smallest absolute Gasteiger partial charge is 0.281 e. The zero-order valence-electron chi connectivity index (χ0n) is 10.3. The highest BCUT2D eigenvalue weighted by Crippen LogP contribution is 2.27. The van der Waals surface area contributed by atoms with Crippen molar-refractivity contribution in [1.82, 2.24) is 14.4 Å². The summed E-state index contributed by atoms with van der Waals surface area (Å²) in [5.41, 5.74) is 2.02. The van der Waals surface area contributed by atoms with Gasteiger partial charge in [-0.25, -0.2) is 10.2 Å². The molecule has 4 N–H and O–H groups in total. The highest BCUT2D eigenvalue weighted by atomic mass is 32.2. The van der Waals surface area contributed by atoms with Crippen LogP contribution in [0.25, 0.3) is 4.96 Å². The van der Waals surface area contributed by atoms with E-state index in [4.69, 9.17) is 5.84 Å². The number of halogens is 1. The molecule has 0 unspecified atom stereocenters. The fraction of sp³-hybridized carbons (Fsp3) is 0. The first-order valence-electron chi connectivity index (χ1n) is 5.57. The van der Waals surface area contributed by atoms with E-state index in [1.54, 1.807) is 5.38 Å². The summed E-state index contributed by atoms with van der Waals surface area (Å²) in [6, 6.07) is 1.22. The number of hydrogen-bond acceptors (Lipinski definition) is 7. The number of anilines is 2. The van der Waals surface area contributed by atoms with Gasteiger partial charge in [-0.3, -0.25) is 14.1 Å². The minimum absolute atomic E-state index is 0.0242. The topological polar surface area (TPSA) is 114 Å². The van der Waals surface area contributed by atoms with Crippen LogP contribution in [0, 0.1) is 5.82 Å². The molecule has 0 fully saturated rings. The van der Waals surface area contributed by atoms with E-state index in [1.807, 2.05) is 0 Å². The van der Waals surface area contributed by atoms with Gasteiger partial charge in [0.25, 0.3) is 10.0 Å². The molecule has 0 amide bonds. The number of hydrazine groups is 1. The van der Waals surface area contributed by atoms with Gasteiger partial charge in [-0.2, -0.15) is 13.4 Å². The average Bonchev–Trinajstić information content (AvgIpc) is 3.00. The molecule has 3 heterocycles. The molecular weight excluding hydrogens is 319 g/mol. The van der Waals surface area contributed by atoms with Crippen LogP contribution in [-0.4, -0.2) is 22.8 Å². The highest BCUT2D eigenvalue weighted by Gasteiger charge is 2.26. The summed E-state index contributed by atoms with van der Waals surface area (Å²) < 4.78 is 42.0. The van der Waals surface area contributed by atoms with Crippen LogP contribution in [-0.2, 0) is 10.0 Å². The van der Waals surface area contributed by atoms with Gasteiger partial charge >= 0.3 is 0 Å². The Morgan fingerprint density at radius 1 is 1.43 bits per heavy atom. The molecule has 11 heteroatoms. The summed E-state index contributed by atoms with van der Waals surface area (Å²) in [5.74, 6) is 4.49. The Morgan fingerprint density at radius 3 is 2.95 bits per heavy atom. The maximum Gasteiger partial charge on any atom is 0.281 e. The number of rotatable bonds is 4. The van der Waals surface area contributed by atoms with Gasteiger partial charge in [0.05, 0.1) is 11.9 Å². The summed E-state index contributed by atoms with van der Waals surface area (Å²) >= 11 is 1.24. The lowest BCUT2D eigenvalue weighted by Crippen LogP contribution is -2.19. The summed E-state index contributed by atoms with van der Waals surface area (Å²) in [5, 5.41) is 1.48. The van der Waals surface area contributed by atoms with Gasteiger partial charge in [-0.1, -0.05) is 0 Å². The summed E-state index contributed by atoms with van der Waals surface area (Å²) in [7, 11) is -4.08. The molecule has 3 aromatic heterocycles. The fourth-order valence-corrected chi connectivity index (χ4v) is 3.86. The SMILES string of the molecule is NNc1nc2sccn2c1S(=O)(=O)Nc1ccncc1F. The lowest BCUT2D eigenvalue weighted by molar-refractivity contribution is 0.594. The van der Waals surface area contributed by atoms with Crippen LogP contribution in [0.2, 0.25) is 0 Å². The van der Waals surface area contributed by atoms with Crippen LogP contribution in [0.4, 0.5) is 15.9 Å². The lowest BCUT2D eigenvalue weighted by Gasteiger charge is -2.09. The molecule has 0 atom stereocenters. The van der Waals surface area contributed by atoms with Crippen molar-refractivity contribution >= 4 is 37.8 Å². The van der Waals surface area contributed by atoms with Crippen molar-refractivity contribution in [3.05, 3.63) is 35.9 Å². The highest BCUT2D eigenvalue weighted by molar-refractivity contribution is 7.92. The fourth-order valence-electron chi connectivity index (χ4n) is 1.77. The van der Waals surface area contributed by atoms with Crippen molar-refractivity contribution in [3.8, 4) is 0 Å². The number of nitrogens with one attached hydrogen (secondary N) is 2. The lowest BCUT2D eigenvalue weighted by atomic mass is 10.4. The van der Waals surface area contributed by atoms with Crippen LogP contribution >= 0.6 is 11.3 Å². The Balaban J connectivity index is 2.12. The molecule has 0 bridgehead atoms. The Morgan fingerprint density at radius 2 is 2.24 bits per heavy atom. The van der Waals surface area contributed by atoms with Crippen LogP contribution < -0.4 is 16.0 Å². The van der Waals surface area contributed by atoms with Gasteiger partial charge in [-0.05, 0) is 6.07 Å². The van der Waals surface area contributed by atoms with Gasteiger partial charge in [0, 0.05) is 17.8 Å². The third-order valence-electron chi connectivity index (χ3n) is 2.63. The van der Waals surface area contributed by atoms with Gasteiger partial charge in [0.15, 0.2) is 16.6 Å². The van der Waals surface area contributed by atoms with E-state index >= 15 is 0 Å². The van der Waals surface area contributed by atoms with Gasteiger partial charge < -0.3 is 5.43 Å². The van der Waals surface area contributed by atoms with Gasteiger partial charge in [0.1, 0.15) is 0 Å². The van der Waals surface area contributed by atoms with Crippen molar-refractivity contribution in [1.29, 1.82) is 0 Å². The van der Waals surface area contributed by atoms with E-state index in [1.165, 1.54) is 34.2 Å². The van der Waals surface area contributed by atoms with E-state index in [9.17, 15) is 12.8 Å². The van der Waals surface area contributed by atoms with Crippen molar-refractivity contribution < 1.29 is 12.8 Å². The normalized spacial score (nSPS) is 11.7. The monoisotopic (exact) mass is 328 g/mol. The minimum Gasteiger partial charge on any atom is -0.306 e. The number of pyridine rings is 1. The number of thiazole rings is 1. The average molecular weight is 328 g/mol. The molecule has 3 aromatic rings. The largest absolute Gasteiger partial charge is 0.306 e. The second kappa shape index (κ2) is 4.95. The zero-order valence-corrected chi connectivity index (χ0v) is 11.9. The van der Waals surface area contributed by atoms with Crippen LogP contribution in [0.3, 0.4) is 0 Å². The molecule has 0 saturated carbocycles. The van der Waals surface area contributed by atoms with Crippen molar-refractivity contribution in [2.24, 2.45) is 5.84 Å². The Labute approximate surface area is 122 Å². The predicted molar refractivity (Wildman–Crippen MR) is 75.9 cm³/mol. The summed E-state index contributed by atoms with van der Waals surface area (Å²) in [6.45, 7) is 0. The first-order valence-corrected chi connectivity index (χ1v) is 7.93. The molecule has 0 aromatic carbocycles. The van der Waals surface area contributed by atoms with E-state index in [0.29, 0.717) is 4.96 Å². The number of sulfonamides is 1. The second-order valence-corrected chi connectivity index (χ2v) is 6.40. The van der Waals surface area contributed by atoms with Crippen LogP contribution in [0.15, 0.2) is 35.1 Å². The first kappa shape index (κ1) is 13.7. The molecule has 0 spiro atoms. The van der Waals surface area contributed by atoms with Crippen LogP contribution in [0.1, 0.15) is 0 Å². The summed E-state index contributed by atoms with van der Waals surface area (Å²) in [6.07, 6.45) is 3.72. The van der Waals surface area contributed by atoms with Gasteiger partial charge in [-0.15, -0.1) is 11.3 Å². The predicted octanol–water partition coefficient (Wildman–Crippen LogP) is 1.02. The third-order valence-corrected chi connectivity index (χ3v) is 4.77. The van der Waals surface area contributed by atoms with E-state index in [-0.39, 0.29) is 16.5 Å². The Hall–Kier alpha value is -2.24. The van der Waals surface area contributed by atoms with Crippen molar-refractivity contribution in [2.75, 3.05) is 10.1 Å². The molecule has 110 valence electrons. The minimum atomic E-state index is -4.08. The molecule has 0 aliphatic heterocycles. The van der Waals surface area contributed by atoms with E-state index in [0.717, 1.165) is 6.20 Å². The number of nitrogen functional groups attached to an aromatic ring is 1. The molecule has 0 aliphatic rings. The summed E-state index contributed by atoms with van der Waals surface area (Å²) in [4.78, 5) is 8.04.